The average Bonchev–Trinajstić information content (AvgIpc) is 2.56. The van der Waals surface area contributed by atoms with Gasteiger partial charge in [-0.15, -0.1) is 0 Å². The van der Waals surface area contributed by atoms with Crippen LogP contribution in [0.2, 0.25) is 0 Å². The van der Waals surface area contributed by atoms with Crippen LogP contribution in [0.1, 0.15) is 20.3 Å². The lowest BCUT2D eigenvalue weighted by molar-refractivity contribution is 0.0363. The third kappa shape index (κ3) is 3.47. The van der Waals surface area contributed by atoms with E-state index in [1.165, 1.54) is 18.2 Å². The van der Waals surface area contributed by atoms with Crippen LogP contribution < -0.4 is 14.4 Å². The van der Waals surface area contributed by atoms with Crippen molar-refractivity contribution in [3.63, 3.8) is 0 Å². The second-order valence-corrected chi connectivity index (χ2v) is 9.03. The maximum Gasteiger partial charge on any atom is 0.262 e. The first-order chi connectivity index (χ1) is 12.1. The van der Waals surface area contributed by atoms with Gasteiger partial charge in [0.05, 0.1) is 5.69 Å². The van der Waals surface area contributed by atoms with Gasteiger partial charge in [0.15, 0.2) is 6.23 Å². The molecular formula is C17H20BrFN2O4S. The molecule has 6 nitrogen and oxygen atoms in total. The monoisotopic (exact) mass is 446 g/mol. The van der Waals surface area contributed by atoms with E-state index in [0.29, 0.717) is 28.0 Å². The molecule has 0 saturated carbocycles. The van der Waals surface area contributed by atoms with Gasteiger partial charge in [0.1, 0.15) is 22.6 Å². The average molecular weight is 447 g/mol. The highest BCUT2D eigenvalue weighted by atomic mass is 79.9. The highest BCUT2D eigenvalue weighted by molar-refractivity contribution is 9.10. The molecule has 26 heavy (non-hydrogen) atoms. The maximum absolute atomic E-state index is 13.5. The van der Waals surface area contributed by atoms with Crippen LogP contribution in [0, 0.1) is 5.92 Å². The summed E-state index contributed by atoms with van der Waals surface area (Å²) in [5.74, 6) is -0.248. The van der Waals surface area contributed by atoms with E-state index < -0.39 is 28.2 Å². The van der Waals surface area contributed by atoms with Crippen molar-refractivity contribution in [3.05, 3.63) is 40.3 Å². The van der Waals surface area contributed by atoms with Crippen LogP contribution in [-0.2, 0) is 10.0 Å². The summed E-state index contributed by atoms with van der Waals surface area (Å²) in [5.41, 5.74) is 0.872. The van der Waals surface area contributed by atoms with Crippen molar-refractivity contribution >= 4 is 31.6 Å². The third-order valence-electron chi connectivity index (χ3n) is 4.56. The number of aliphatic hydroxyl groups excluding tert-OH is 1. The molecule has 1 heterocycles. The summed E-state index contributed by atoms with van der Waals surface area (Å²) in [6.45, 7) is 3.52. The number of halogens is 2. The predicted octanol–water partition coefficient (Wildman–Crippen LogP) is 3.04. The van der Waals surface area contributed by atoms with E-state index in [2.05, 4.69) is 20.7 Å². The standard InChI is InChI=1S/C17H20BrFN2O4S/c1-9-4-5-11(19)6-13(9)20-26(23,24)16-8-15-14(7-12(16)18)21(3)17(22)10(2)25-15/h5-10,17,20,22H,4H2,1-3H3. The molecule has 0 spiro atoms. The van der Waals surface area contributed by atoms with Gasteiger partial charge >= 0.3 is 0 Å². The summed E-state index contributed by atoms with van der Waals surface area (Å²) in [6, 6.07) is 2.99. The van der Waals surface area contributed by atoms with Crippen molar-refractivity contribution in [3.8, 4) is 5.75 Å². The quantitative estimate of drug-likeness (QED) is 0.745. The van der Waals surface area contributed by atoms with Gasteiger partial charge in [-0.2, -0.15) is 0 Å². The zero-order valence-electron chi connectivity index (χ0n) is 14.5. The Bertz CT molecular complexity index is 900. The van der Waals surface area contributed by atoms with Gasteiger partial charge in [-0.25, -0.2) is 12.8 Å². The minimum Gasteiger partial charge on any atom is -0.484 e. The number of benzene rings is 1. The van der Waals surface area contributed by atoms with E-state index in [-0.39, 0.29) is 10.8 Å². The van der Waals surface area contributed by atoms with Gasteiger partial charge in [0, 0.05) is 29.2 Å². The molecular weight excluding hydrogens is 427 g/mol. The Morgan fingerprint density at radius 3 is 2.77 bits per heavy atom. The molecule has 3 atom stereocenters. The van der Waals surface area contributed by atoms with E-state index in [1.54, 1.807) is 24.9 Å². The SMILES string of the molecule is CC1CC=C(F)C=C1NS(=O)(=O)c1cc2c(cc1Br)N(C)C(O)C(C)O2. The summed E-state index contributed by atoms with van der Waals surface area (Å²) in [5, 5.41) is 10.1. The van der Waals surface area contributed by atoms with E-state index >= 15 is 0 Å². The molecule has 1 aromatic carbocycles. The Kier molecular flexibility index (Phi) is 5.06. The Labute approximate surface area is 160 Å². The zero-order valence-corrected chi connectivity index (χ0v) is 16.9. The van der Waals surface area contributed by atoms with E-state index in [0.717, 1.165) is 0 Å². The van der Waals surface area contributed by atoms with Gasteiger partial charge in [0.2, 0.25) is 0 Å². The van der Waals surface area contributed by atoms with Crippen molar-refractivity contribution in [1.82, 2.24) is 4.72 Å². The van der Waals surface area contributed by atoms with Gasteiger partial charge in [-0.05, 0) is 47.5 Å². The molecule has 0 fully saturated rings. The number of hydrogen-bond acceptors (Lipinski definition) is 5. The number of anilines is 1. The lowest BCUT2D eigenvalue weighted by atomic mass is 9.99. The number of sulfonamides is 1. The Morgan fingerprint density at radius 1 is 1.38 bits per heavy atom. The first-order valence-corrected chi connectivity index (χ1v) is 10.4. The van der Waals surface area contributed by atoms with Crippen molar-refractivity contribution in [2.45, 2.75) is 37.5 Å². The summed E-state index contributed by atoms with van der Waals surface area (Å²) in [6.07, 6.45) is 1.69. The molecule has 2 aliphatic rings. The molecule has 0 aromatic heterocycles. The summed E-state index contributed by atoms with van der Waals surface area (Å²) in [4.78, 5) is 1.60. The third-order valence-corrected chi connectivity index (χ3v) is 6.90. The van der Waals surface area contributed by atoms with Crippen molar-refractivity contribution < 1.29 is 22.7 Å². The number of aliphatic hydroxyl groups is 1. The molecule has 2 N–H and O–H groups in total. The van der Waals surface area contributed by atoms with Crippen molar-refractivity contribution in [2.24, 2.45) is 5.92 Å². The molecule has 142 valence electrons. The number of nitrogens with zero attached hydrogens (tertiary/aromatic N) is 1. The molecule has 0 radical (unpaired) electrons. The van der Waals surface area contributed by atoms with Gasteiger partial charge in [-0.1, -0.05) is 6.92 Å². The summed E-state index contributed by atoms with van der Waals surface area (Å²) >= 11 is 3.28. The fourth-order valence-electron chi connectivity index (χ4n) is 2.92. The minimum atomic E-state index is -3.95. The van der Waals surface area contributed by atoms with Crippen LogP contribution in [0.25, 0.3) is 0 Å². The van der Waals surface area contributed by atoms with Gasteiger partial charge < -0.3 is 14.7 Å². The number of fused-ring (bicyclic) bond motifs is 1. The number of nitrogens with one attached hydrogen (secondary N) is 1. The summed E-state index contributed by atoms with van der Waals surface area (Å²) < 4.78 is 47.6. The normalized spacial score (nSPS) is 25.8. The number of ether oxygens (including phenoxy) is 1. The second-order valence-electron chi connectivity index (χ2n) is 6.53. The number of allylic oxidation sites excluding steroid dienone is 4. The second kappa shape index (κ2) is 6.86. The fraction of sp³-hybridized carbons (Fsp3) is 0.412. The first-order valence-electron chi connectivity index (χ1n) is 8.11. The Balaban J connectivity index is 1.99. The highest BCUT2D eigenvalue weighted by Crippen LogP contribution is 2.40. The van der Waals surface area contributed by atoms with E-state index in [1.807, 2.05) is 6.92 Å². The topological polar surface area (TPSA) is 78.9 Å². The maximum atomic E-state index is 13.5. The van der Waals surface area contributed by atoms with Crippen LogP contribution in [0.5, 0.6) is 5.75 Å². The van der Waals surface area contributed by atoms with Crippen LogP contribution in [0.15, 0.2) is 45.2 Å². The van der Waals surface area contributed by atoms with Gasteiger partial charge in [-0.3, -0.25) is 4.72 Å². The van der Waals surface area contributed by atoms with Crippen molar-refractivity contribution in [2.75, 3.05) is 11.9 Å². The molecule has 0 bridgehead atoms. The lowest BCUT2D eigenvalue weighted by Crippen LogP contribution is -2.46. The summed E-state index contributed by atoms with van der Waals surface area (Å²) in [7, 11) is -2.25. The lowest BCUT2D eigenvalue weighted by Gasteiger charge is -2.37. The van der Waals surface area contributed by atoms with Crippen LogP contribution >= 0.6 is 15.9 Å². The molecule has 1 aromatic rings. The Morgan fingerprint density at radius 2 is 2.08 bits per heavy atom. The van der Waals surface area contributed by atoms with E-state index in [9.17, 15) is 17.9 Å². The molecule has 3 unspecified atom stereocenters. The molecule has 0 amide bonds. The zero-order chi connectivity index (χ0) is 19.2. The highest BCUT2D eigenvalue weighted by Gasteiger charge is 2.32. The molecule has 0 saturated heterocycles. The number of hydrogen-bond donors (Lipinski definition) is 2. The molecule has 9 heteroatoms. The first kappa shape index (κ1) is 19.2. The molecule has 1 aliphatic heterocycles. The molecule has 3 rings (SSSR count). The fourth-order valence-corrected chi connectivity index (χ4v) is 5.15. The number of likely N-dealkylation sites (N-methyl/N-ethyl adjacent to an activating group) is 1. The van der Waals surface area contributed by atoms with Gasteiger partial charge in [0.25, 0.3) is 10.0 Å². The van der Waals surface area contributed by atoms with Crippen molar-refractivity contribution in [1.29, 1.82) is 0 Å². The Hall–Kier alpha value is -1.58. The smallest absolute Gasteiger partial charge is 0.262 e. The number of rotatable bonds is 3. The largest absolute Gasteiger partial charge is 0.484 e. The molecule has 1 aliphatic carbocycles. The van der Waals surface area contributed by atoms with Crippen LogP contribution in [0.3, 0.4) is 0 Å². The predicted molar refractivity (Wildman–Crippen MR) is 100 cm³/mol. The van der Waals surface area contributed by atoms with E-state index in [4.69, 9.17) is 4.74 Å². The van der Waals surface area contributed by atoms with Crippen LogP contribution in [-0.4, -0.2) is 32.9 Å². The van der Waals surface area contributed by atoms with Crippen LogP contribution in [0.4, 0.5) is 10.1 Å². The minimum absolute atomic E-state index is 0.0173.